The first-order valence-electron chi connectivity index (χ1n) is 8.47. The van der Waals surface area contributed by atoms with Gasteiger partial charge in [-0.15, -0.1) is 0 Å². The van der Waals surface area contributed by atoms with E-state index in [-0.39, 0.29) is 11.7 Å². The van der Waals surface area contributed by atoms with Gasteiger partial charge in [0.25, 0.3) is 0 Å². The van der Waals surface area contributed by atoms with Gasteiger partial charge in [-0.05, 0) is 57.9 Å². The highest BCUT2D eigenvalue weighted by atomic mass is 35.5. The van der Waals surface area contributed by atoms with Crippen molar-refractivity contribution in [2.45, 2.75) is 45.3 Å². The van der Waals surface area contributed by atoms with Gasteiger partial charge in [0.05, 0.1) is 12.2 Å². The van der Waals surface area contributed by atoms with E-state index in [4.69, 9.17) is 16.3 Å². The van der Waals surface area contributed by atoms with Crippen molar-refractivity contribution in [3.8, 4) is 5.82 Å². The second-order valence-corrected chi connectivity index (χ2v) is 8.01. The Bertz CT molecular complexity index is 830. The number of likely N-dealkylation sites (tertiary alicyclic amines) is 1. The lowest BCUT2D eigenvalue weighted by atomic mass is 9.94. The number of pyridine rings is 1. The zero-order valence-corrected chi connectivity index (χ0v) is 16.1. The normalized spacial score (nSPS) is 20.5. The molecule has 3 rings (SSSR count). The van der Waals surface area contributed by atoms with Crippen molar-refractivity contribution in [1.29, 1.82) is 0 Å². The van der Waals surface area contributed by atoms with Crippen LogP contribution in [0.5, 0.6) is 0 Å². The largest absolute Gasteiger partial charge is 0.444 e. The van der Waals surface area contributed by atoms with Gasteiger partial charge in [0.1, 0.15) is 16.4 Å². The van der Waals surface area contributed by atoms with Crippen LogP contribution in [-0.2, 0) is 10.3 Å². The predicted octanol–water partition coefficient (Wildman–Crippen LogP) is 3.06. The molecular formula is C18H23ClN4O3. The number of hydrogen-bond donors (Lipinski definition) is 1. The second kappa shape index (κ2) is 6.55. The zero-order valence-electron chi connectivity index (χ0n) is 15.4. The molecule has 1 unspecified atom stereocenters. The van der Waals surface area contributed by atoms with Crippen molar-refractivity contribution in [1.82, 2.24) is 19.7 Å². The maximum atomic E-state index is 12.3. The third-order valence-corrected chi connectivity index (χ3v) is 4.37. The summed E-state index contributed by atoms with van der Waals surface area (Å²) in [6, 6.07) is 5.23. The SMILES string of the molecule is Cc1ccn(-c2cc(C3(O)CCN(C(=O)OC(C)(C)C)C3)cc(Cl)n2)n1. The molecule has 1 atom stereocenters. The Morgan fingerprint density at radius 2 is 2.12 bits per heavy atom. The van der Waals surface area contributed by atoms with Crippen LogP contribution in [-0.4, -0.2) is 49.6 Å². The molecule has 0 bridgehead atoms. The van der Waals surface area contributed by atoms with Gasteiger partial charge >= 0.3 is 6.09 Å². The average Bonchev–Trinajstić information content (AvgIpc) is 3.12. The molecular weight excluding hydrogens is 356 g/mol. The first-order valence-corrected chi connectivity index (χ1v) is 8.85. The Kier molecular flexibility index (Phi) is 4.71. The van der Waals surface area contributed by atoms with Crippen molar-refractivity contribution >= 4 is 17.7 Å². The number of rotatable bonds is 2. The fraction of sp³-hybridized carbons (Fsp3) is 0.500. The summed E-state index contributed by atoms with van der Waals surface area (Å²) in [5.41, 5.74) is -0.334. The third kappa shape index (κ3) is 3.99. The van der Waals surface area contributed by atoms with E-state index < -0.39 is 17.3 Å². The Morgan fingerprint density at radius 1 is 1.38 bits per heavy atom. The van der Waals surface area contributed by atoms with Gasteiger partial charge in [-0.1, -0.05) is 11.6 Å². The smallest absolute Gasteiger partial charge is 0.410 e. The maximum absolute atomic E-state index is 12.3. The summed E-state index contributed by atoms with van der Waals surface area (Å²) < 4.78 is 7.00. The van der Waals surface area contributed by atoms with Crippen LogP contribution in [0, 0.1) is 6.92 Å². The molecule has 0 aliphatic carbocycles. The predicted molar refractivity (Wildman–Crippen MR) is 97.4 cm³/mol. The van der Waals surface area contributed by atoms with E-state index in [1.807, 2.05) is 33.8 Å². The molecule has 1 aliphatic rings. The molecule has 1 amide bonds. The Labute approximate surface area is 157 Å². The van der Waals surface area contributed by atoms with Crippen LogP contribution in [0.1, 0.15) is 38.4 Å². The summed E-state index contributed by atoms with van der Waals surface area (Å²) in [6.45, 7) is 7.86. The minimum atomic E-state index is -1.21. The summed E-state index contributed by atoms with van der Waals surface area (Å²) in [4.78, 5) is 18.1. The van der Waals surface area contributed by atoms with E-state index >= 15 is 0 Å². The lowest BCUT2D eigenvalue weighted by molar-refractivity contribution is 0.0140. The lowest BCUT2D eigenvalue weighted by Gasteiger charge is -2.27. The minimum absolute atomic E-state index is 0.139. The van der Waals surface area contributed by atoms with Gasteiger partial charge in [-0.3, -0.25) is 0 Å². The maximum Gasteiger partial charge on any atom is 0.410 e. The molecule has 1 saturated heterocycles. The van der Waals surface area contributed by atoms with Gasteiger partial charge < -0.3 is 14.7 Å². The fourth-order valence-corrected chi connectivity index (χ4v) is 3.13. The van der Waals surface area contributed by atoms with Crippen LogP contribution in [0.4, 0.5) is 4.79 Å². The molecule has 0 radical (unpaired) electrons. The van der Waals surface area contributed by atoms with E-state index in [9.17, 15) is 9.90 Å². The number of carbonyl (C=O) groups is 1. The molecule has 0 spiro atoms. The van der Waals surface area contributed by atoms with Gasteiger partial charge in [0, 0.05) is 12.7 Å². The monoisotopic (exact) mass is 378 g/mol. The van der Waals surface area contributed by atoms with Gasteiger partial charge in [0.15, 0.2) is 5.82 Å². The highest BCUT2D eigenvalue weighted by molar-refractivity contribution is 6.29. The number of hydrogen-bond acceptors (Lipinski definition) is 5. The number of ether oxygens (including phenoxy) is 1. The fourth-order valence-electron chi connectivity index (χ4n) is 2.92. The summed E-state index contributed by atoms with van der Waals surface area (Å²) in [5.74, 6) is 0.518. The van der Waals surface area contributed by atoms with E-state index in [0.29, 0.717) is 24.3 Å². The van der Waals surface area contributed by atoms with Crippen LogP contribution in [0.25, 0.3) is 5.82 Å². The summed E-state index contributed by atoms with van der Waals surface area (Å²) in [6.07, 6.45) is 1.74. The molecule has 1 N–H and O–H groups in total. The molecule has 2 aromatic rings. The first-order chi connectivity index (χ1) is 12.1. The lowest BCUT2D eigenvalue weighted by Crippen LogP contribution is -2.38. The summed E-state index contributed by atoms with van der Waals surface area (Å²) >= 11 is 6.16. The molecule has 0 saturated carbocycles. The molecule has 7 nitrogen and oxygen atoms in total. The number of aliphatic hydroxyl groups is 1. The van der Waals surface area contributed by atoms with E-state index in [1.165, 1.54) is 4.90 Å². The van der Waals surface area contributed by atoms with Crippen LogP contribution < -0.4 is 0 Å². The van der Waals surface area contributed by atoms with Crippen LogP contribution in [0.2, 0.25) is 5.15 Å². The molecule has 3 heterocycles. The number of aromatic nitrogens is 3. The van der Waals surface area contributed by atoms with Gasteiger partial charge in [-0.25, -0.2) is 14.5 Å². The summed E-state index contributed by atoms with van der Waals surface area (Å²) in [7, 11) is 0. The number of halogens is 1. The van der Waals surface area contributed by atoms with Gasteiger partial charge in [0.2, 0.25) is 0 Å². The van der Waals surface area contributed by atoms with Crippen molar-refractivity contribution in [2.24, 2.45) is 0 Å². The van der Waals surface area contributed by atoms with Gasteiger partial charge in [-0.2, -0.15) is 5.10 Å². The van der Waals surface area contributed by atoms with Crippen LogP contribution in [0.3, 0.4) is 0 Å². The highest BCUT2D eigenvalue weighted by Gasteiger charge is 2.41. The number of β-amino-alcohol motifs (C(OH)–C–C–N with tert-alkyl or cyclic N) is 1. The first kappa shape index (κ1) is 18.7. The number of amides is 1. The topological polar surface area (TPSA) is 80.5 Å². The van der Waals surface area contributed by atoms with Crippen LogP contribution >= 0.6 is 11.6 Å². The number of nitrogens with zero attached hydrogens (tertiary/aromatic N) is 4. The zero-order chi connectivity index (χ0) is 19.1. The van der Waals surface area contributed by atoms with Crippen LogP contribution in [0.15, 0.2) is 24.4 Å². The van der Waals surface area contributed by atoms with Crippen molar-refractivity contribution in [3.05, 3.63) is 40.8 Å². The highest BCUT2D eigenvalue weighted by Crippen LogP contribution is 2.34. The quantitative estimate of drug-likeness (QED) is 0.812. The Morgan fingerprint density at radius 3 is 2.73 bits per heavy atom. The van der Waals surface area contributed by atoms with E-state index in [2.05, 4.69) is 10.1 Å². The Hall–Kier alpha value is -2.12. The van der Waals surface area contributed by atoms with Crippen molar-refractivity contribution in [3.63, 3.8) is 0 Å². The van der Waals surface area contributed by atoms with Crippen molar-refractivity contribution < 1.29 is 14.6 Å². The standard InChI is InChI=1S/C18H23ClN4O3/c1-12-5-7-23(21-12)15-10-13(9-14(19)20-15)18(25)6-8-22(11-18)16(24)26-17(2,3)4/h5,7,9-10,25H,6,8,11H2,1-4H3. The van der Waals surface area contributed by atoms with E-state index in [0.717, 1.165) is 5.69 Å². The molecule has 26 heavy (non-hydrogen) atoms. The molecule has 8 heteroatoms. The Balaban J connectivity index is 1.85. The molecule has 1 fully saturated rings. The van der Waals surface area contributed by atoms with E-state index in [1.54, 1.807) is 23.0 Å². The molecule has 140 valence electrons. The molecule has 2 aromatic heterocycles. The van der Waals surface area contributed by atoms with Crippen molar-refractivity contribution in [2.75, 3.05) is 13.1 Å². The third-order valence-electron chi connectivity index (χ3n) is 4.17. The minimum Gasteiger partial charge on any atom is -0.444 e. The number of aryl methyl sites for hydroxylation is 1. The average molecular weight is 379 g/mol. The second-order valence-electron chi connectivity index (χ2n) is 7.62. The summed E-state index contributed by atoms with van der Waals surface area (Å²) in [5, 5.41) is 15.7. The molecule has 1 aliphatic heterocycles. The number of carbonyl (C=O) groups excluding carboxylic acids is 1. The molecule has 0 aromatic carbocycles.